The summed E-state index contributed by atoms with van der Waals surface area (Å²) >= 11 is 1.68. The van der Waals surface area contributed by atoms with Crippen molar-refractivity contribution in [2.24, 2.45) is 0 Å². The number of fused-ring (bicyclic) bond motifs is 1. The second-order valence-corrected chi connectivity index (χ2v) is 7.12. The highest BCUT2D eigenvalue weighted by atomic mass is 32.1. The van der Waals surface area contributed by atoms with Crippen molar-refractivity contribution in [2.75, 3.05) is 0 Å². The molecular weight excluding hydrogens is 328 g/mol. The Morgan fingerprint density at radius 1 is 1.04 bits per heavy atom. The van der Waals surface area contributed by atoms with Gasteiger partial charge in [0.2, 0.25) is 0 Å². The molecule has 0 amide bonds. The number of H-pyrrole nitrogens is 1. The first-order valence-electron chi connectivity index (χ1n) is 8.35. The molecule has 0 atom stereocenters. The molecule has 0 unspecified atom stereocenters. The maximum Gasteiger partial charge on any atom is 0.121 e. The van der Waals surface area contributed by atoms with E-state index in [2.05, 4.69) is 53.4 Å². The molecule has 0 radical (unpaired) electrons. The normalized spacial score (nSPS) is 11.3. The third-order valence-corrected chi connectivity index (χ3v) is 5.33. The van der Waals surface area contributed by atoms with Gasteiger partial charge in [-0.05, 0) is 31.0 Å². The van der Waals surface area contributed by atoms with E-state index in [1.54, 1.807) is 11.3 Å². The third-order valence-electron chi connectivity index (χ3n) is 4.49. The van der Waals surface area contributed by atoms with Crippen LogP contribution in [0.1, 0.15) is 21.8 Å². The maximum atomic E-state index is 4.74. The van der Waals surface area contributed by atoms with E-state index in [0.717, 1.165) is 34.7 Å². The summed E-state index contributed by atoms with van der Waals surface area (Å²) in [4.78, 5) is 13.9. The number of nitrogens with one attached hydrogen (secondary N) is 2. The number of hydrogen-bond acceptors (Lipinski definition) is 4. The lowest BCUT2D eigenvalue weighted by atomic mass is 10.1. The number of aromatic nitrogens is 3. The molecule has 0 bridgehead atoms. The largest absolute Gasteiger partial charge is 0.341 e. The van der Waals surface area contributed by atoms with Crippen LogP contribution in [-0.4, -0.2) is 15.0 Å². The number of imidazole rings is 1. The molecule has 0 saturated carbocycles. The summed E-state index contributed by atoms with van der Waals surface area (Å²) < 4.78 is 0. The second-order valence-electron chi connectivity index (χ2n) is 6.18. The Kier molecular flexibility index (Phi) is 4.34. The fourth-order valence-electron chi connectivity index (χ4n) is 2.97. The zero-order valence-electron chi connectivity index (χ0n) is 14.3. The minimum atomic E-state index is 0.708. The standard InChI is InChI=1S/C20H20N4S/c1-13-8-9-16-19(14(13)2)24-18(23-16)11-21-10-17-20(22-12-25-17)15-6-4-3-5-7-15/h3-9,12,21H,10-11H2,1-2H3,(H,23,24). The SMILES string of the molecule is Cc1ccc2[nH]c(CNCc3scnc3-c3ccccc3)nc2c1C. The molecule has 2 aromatic carbocycles. The average Bonchev–Trinajstić information content (AvgIpc) is 3.26. The molecule has 0 aliphatic carbocycles. The lowest BCUT2D eigenvalue weighted by Gasteiger charge is -2.04. The summed E-state index contributed by atoms with van der Waals surface area (Å²) in [6.07, 6.45) is 0. The van der Waals surface area contributed by atoms with Crippen molar-refractivity contribution >= 4 is 22.4 Å². The van der Waals surface area contributed by atoms with Crippen molar-refractivity contribution in [1.82, 2.24) is 20.3 Å². The predicted molar refractivity (Wildman–Crippen MR) is 104 cm³/mol. The van der Waals surface area contributed by atoms with Crippen LogP contribution in [-0.2, 0) is 13.1 Å². The molecule has 2 N–H and O–H groups in total. The van der Waals surface area contributed by atoms with E-state index in [0.29, 0.717) is 6.54 Å². The topological polar surface area (TPSA) is 53.6 Å². The number of nitrogens with zero attached hydrogens (tertiary/aromatic N) is 2. The molecule has 4 nitrogen and oxygen atoms in total. The van der Waals surface area contributed by atoms with Crippen molar-refractivity contribution in [3.05, 3.63) is 69.8 Å². The molecule has 25 heavy (non-hydrogen) atoms. The average molecular weight is 348 g/mol. The van der Waals surface area contributed by atoms with Crippen LogP contribution in [0.3, 0.4) is 0 Å². The minimum absolute atomic E-state index is 0.708. The Bertz CT molecular complexity index is 1000. The van der Waals surface area contributed by atoms with E-state index in [1.807, 2.05) is 23.7 Å². The molecule has 126 valence electrons. The highest BCUT2D eigenvalue weighted by Gasteiger charge is 2.10. The van der Waals surface area contributed by atoms with Gasteiger partial charge in [0.25, 0.3) is 0 Å². The Morgan fingerprint density at radius 3 is 2.72 bits per heavy atom. The van der Waals surface area contributed by atoms with Gasteiger partial charge in [-0.25, -0.2) is 9.97 Å². The zero-order chi connectivity index (χ0) is 17.2. The van der Waals surface area contributed by atoms with Gasteiger partial charge in [0.1, 0.15) is 5.82 Å². The van der Waals surface area contributed by atoms with E-state index in [-0.39, 0.29) is 0 Å². The van der Waals surface area contributed by atoms with Crippen LogP contribution < -0.4 is 5.32 Å². The van der Waals surface area contributed by atoms with Crippen molar-refractivity contribution in [1.29, 1.82) is 0 Å². The van der Waals surface area contributed by atoms with Crippen LogP contribution in [0.15, 0.2) is 48.0 Å². The fraction of sp³-hybridized carbons (Fsp3) is 0.200. The first-order chi connectivity index (χ1) is 12.2. The van der Waals surface area contributed by atoms with Gasteiger partial charge in [-0.15, -0.1) is 11.3 Å². The van der Waals surface area contributed by atoms with Crippen LogP contribution in [0.5, 0.6) is 0 Å². The van der Waals surface area contributed by atoms with Crippen molar-refractivity contribution < 1.29 is 0 Å². The van der Waals surface area contributed by atoms with E-state index in [1.165, 1.54) is 16.0 Å². The van der Waals surface area contributed by atoms with E-state index < -0.39 is 0 Å². The van der Waals surface area contributed by atoms with Gasteiger partial charge < -0.3 is 10.3 Å². The van der Waals surface area contributed by atoms with Crippen LogP contribution in [0, 0.1) is 13.8 Å². The smallest absolute Gasteiger partial charge is 0.121 e. The van der Waals surface area contributed by atoms with E-state index >= 15 is 0 Å². The lowest BCUT2D eigenvalue weighted by molar-refractivity contribution is 0.677. The number of aromatic amines is 1. The zero-order valence-corrected chi connectivity index (χ0v) is 15.2. The summed E-state index contributed by atoms with van der Waals surface area (Å²) in [5.41, 5.74) is 8.82. The van der Waals surface area contributed by atoms with Crippen LogP contribution in [0.25, 0.3) is 22.3 Å². The van der Waals surface area contributed by atoms with Gasteiger partial charge in [0.15, 0.2) is 0 Å². The van der Waals surface area contributed by atoms with Crippen LogP contribution in [0.4, 0.5) is 0 Å². The van der Waals surface area contributed by atoms with Crippen molar-refractivity contribution in [2.45, 2.75) is 26.9 Å². The highest BCUT2D eigenvalue weighted by Crippen LogP contribution is 2.25. The summed E-state index contributed by atoms with van der Waals surface area (Å²) in [5.74, 6) is 0.967. The molecular formula is C20H20N4S. The lowest BCUT2D eigenvalue weighted by Crippen LogP contribution is -2.13. The van der Waals surface area contributed by atoms with Crippen molar-refractivity contribution in [3.8, 4) is 11.3 Å². The number of rotatable bonds is 5. The number of benzene rings is 2. The first-order valence-corrected chi connectivity index (χ1v) is 9.23. The van der Waals surface area contributed by atoms with Gasteiger partial charge >= 0.3 is 0 Å². The Labute approximate surface area is 151 Å². The summed E-state index contributed by atoms with van der Waals surface area (Å²) in [7, 11) is 0. The predicted octanol–water partition coefficient (Wildman–Crippen LogP) is 4.59. The third kappa shape index (κ3) is 3.21. The molecule has 4 rings (SSSR count). The molecule has 2 aromatic heterocycles. The molecule has 2 heterocycles. The number of hydrogen-bond donors (Lipinski definition) is 2. The van der Waals surface area contributed by atoms with Crippen molar-refractivity contribution in [3.63, 3.8) is 0 Å². The number of aryl methyl sites for hydroxylation is 2. The highest BCUT2D eigenvalue weighted by molar-refractivity contribution is 7.10. The molecule has 5 heteroatoms. The van der Waals surface area contributed by atoms with E-state index in [4.69, 9.17) is 4.98 Å². The van der Waals surface area contributed by atoms with Gasteiger partial charge in [0.05, 0.1) is 28.8 Å². The van der Waals surface area contributed by atoms with E-state index in [9.17, 15) is 0 Å². The van der Waals surface area contributed by atoms with Crippen LogP contribution in [0.2, 0.25) is 0 Å². The van der Waals surface area contributed by atoms with Gasteiger partial charge in [0, 0.05) is 17.0 Å². The molecule has 4 aromatic rings. The summed E-state index contributed by atoms with van der Waals surface area (Å²) in [6, 6.07) is 14.6. The monoisotopic (exact) mass is 348 g/mol. The fourth-order valence-corrected chi connectivity index (χ4v) is 3.72. The Hall–Kier alpha value is -2.50. The van der Waals surface area contributed by atoms with Gasteiger partial charge in [-0.1, -0.05) is 36.4 Å². The quantitative estimate of drug-likeness (QED) is 0.554. The second kappa shape index (κ2) is 6.78. The number of thiazole rings is 1. The Morgan fingerprint density at radius 2 is 1.88 bits per heavy atom. The molecule has 0 saturated heterocycles. The minimum Gasteiger partial charge on any atom is -0.341 e. The molecule has 0 spiro atoms. The summed E-state index contributed by atoms with van der Waals surface area (Å²) in [5, 5.41) is 3.49. The maximum absolute atomic E-state index is 4.74. The molecule has 0 aliphatic rings. The van der Waals surface area contributed by atoms with Gasteiger partial charge in [-0.2, -0.15) is 0 Å². The molecule has 0 aliphatic heterocycles. The van der Waals surface area contributed by atoms with Gasteiger partial charge in [-0.3, -0.25) is 0 Å². The van der Waals surface area contributed by atoms with Crippen LogP contribution >= 0.6 is 11.3 Å². The first kappa shape index (κ1) is 16.0. The molecule has 0 fully saturated rings. The Balaban J connectivity index is 1.47. The summed E-state index contributed by atoms with van der Waals surface area (Å²) in [6.45, 7) is 5.73.